The predicted octanol–water partition coefficient (Wildman–Crippen LogP) is 4.77. The Labute approximate surface area is 246 Å². The molecule has 0 aromatic heterocycles. The highest BCUT2D eigenvalue weighted by Crippen LogP contribution is 2.18. The Morgan fingerprint density at radius 1 is 0.881 bits per heavy atom. The molecule has 10 heteroatoms. The standard InChI is InChI=1S/C32H38N4O6/c1-23-10-6-7-13-27(23)35-32(41)33-26-16-14-24(15-17-26)20-30(38)36(18-8-9-19-42-2)22-29(37)34-28(21-31(39)40)25-11-4-3-5-12-25/h3-7,10-17,28H,8-9,18-22H2,1-2H3,(H,34,37)(H,39,40)(H2,33,35,41)/t28-/m0/s1. The van der Waals surface area contributed by atoms with Crippen LogP contribution in [-0.2, 0) is 25.5 Å². The van der Waals surface area contributed by atoms with E-state index in [1.807, 2.05) is 37.3 Å². The van der Waals surface area contributed by atoms with Crippen LogP contribution in [-0.4, -0.2) is 60.6 Å². The molecule has 3 rings (SSSR count). The second-order valence-electron chi connectivity index (χ2n) is 9.91. The molecular formula is C32H38N4O6. The molecule has 0 radical (unpaired) electrons. The molecular weight excluding hydrogens is 536 g/mol. The van der Waals surface area contributed by atoms with Crippen molar-refractivity contribution in [2.45, 2.75) is 38.6 Å². The third-order valence-corrected chi connectivity index (χ3v) is 6.59. The van der Waals surface area contributed by atoms with Crippen LogP contribution in [0.15, 0.2) is 78.9 Å². The van der Waals surface area contributed by atoms with Crippen molar-refractivity contribution >= 4 is 35.2 Å². The van der Waals surface area contributed by atoms with Gasteiger partial charge in [0.25, 0.3) is 0 Å². The van der Waals surface area contributed by atoms with Crippen LogP contribution in [0.2, 0.25) is 0 Å². The van der Waals surface area contributed by atoms with Gasteiger partial charge in [-0.1, -0.05) is 60.7 Å². The second kappa shape index (κ2) is 16.5. The van der Waals surface area contributed by atoms with E-state index in [0.29, 0.717) is 36.5 Å². The van der Waals surface area contributed by atoms with Gasteiger partial charge in [0.15, 0.2) is 0 Å². The number of unbranched alkanes of at least 4 members (excludes halogenated alkanes) is 1. The zero-order chi connectivity index (χ0) is 30.3. The molecule has 0 saturated heterocycles. The van der Waals surface area contributed by atoms with Crippen molar-refractivity contribution in [2.75, 3.05) is 37.4 Å². The number of aryl methyl sites for hydroxylation is 1. The van der Waals surface area contributed by atoms with Crippen molar-refractivity contribution in [3.8, 4) is 0 Å². The van der Waals surface area contributed by atoms with Crippen molar-refractivity contribution in [3.63, 3.8) is 0 Å². The van der Waals surface area contributed by atoms with Crippen LogP contribution in [0, 0.1) is 6.92 Å². The number of aliphatic carboxylic acids is 1. The van der Waals surface area contributed by atoms with Gasteiger partial charge >= 0.3 is 12.0 Å². The lowest BCUT2D eigenvalue weighted by Gasteiger charge is -2.24. The Bertz CT molecular complexity index is 1330. The van der Waals surface area contributed by atoms with E-state index in [1.54, 1.807) is 55.6 Å². The van der Waals surface area contributed by atoms with Gasteiger partial charge in [-0.2, -0.15) is 0 Å². The number of benzene rings is 3. The largest absolute Gasteiger partial charge is 0.481 e. The molecule has 0 heterocycles. The van der Waals surface area contributed by atoms with Crippen LogP contribution < -0.4 is 16.0 Å². The van der Waals surface area contributed by atoms with E-state index < -0.39 is 17.9 Å². The molecule has 4 N–H and O–H groups in total. The van der Waals surface area contributed by atoms with Gasteiger partial charge in [-0.3, -0.25) is 14.4 Å². The summed E-state index contributed by atoms with van der Waals surface area (Å²) in [7, 11) is 1.60. The Morgan fingerprint density at radius 2 is 1.57 bits per heavy atom. The molecule has 3 aromatic carbocycles. The van der Waals surface area contributed by atoms with E-state index in [4.69, 9.17) is 4.74 Å². The maximum atomic E-state index is 13.3. The minimum absolute atomic E-state index is 0.0600. The molecule has 1 atom stereocenters. The number of rotatable bonds is 15. The number of carboxylic acid groups (broad SMARTS) is 1. The van der Waals surface area contributed by atoms with E-state index >= 15 is 0 Å². The maximum Gasteiger partial charge on any atom is 0.323 e. The number of nitrogens with one attached hydrogen (secondary N) is 3. The monoisotopic (exact) mass is 574 g/mol. The first-order valence-electron chi connectivity index (χ1n) is 13.8. The molecule has 0 saturated carbocycles. The van der Waals surface area contributed by atoms with E-state index in [0.717, 1.165) is 17.5 Å². The van der Waals surface area contributed by atoms with Crippen molar-refractivity contribution in [1.29, 1.82) is 0 Å². The summed E-state index contributed by atoms with van der Waals surface area (Å²) in [6, 6.07) is 22.2. The van der Waals surface area contributed by atoms with Gasteiger partial charge in [-0.25, -0.2) is 4.79 Å². The number of methoxy groups -OCH3 is 1. The highest BCUT2D eigenvalue weighted by atomic mass is 16.5. The van der Waals surface area contributed by atoms with E-state index in [9.17, 15) is 24.3 Å². The zero-order valence-corrected chi connectivity index (χ0v) is 24.0. The van der Waals surface area contributed by atoms with Crippen molar-refractivity contribution in [3.05, 3.63) is 95.6 Å². The first-order chi connectivity index (χ1) is 20.2. The molecule has 0 unspecified atom stereocenters. The summed E-state index contributed by atoms with van der Waals surface area (Å²) in [6.45, 7) is 2.59. The molecule has 4 amide bonds. The molecule has 222 valence electrons. The average Bonchev–Trinajstić information content (AvgIpc) is 2.96. The maximum absolute atomic E-state index is 13.3. The van der Waals surface area contributed by atoms with Gasteiger partial charge in [0, 0.05) is 31.6 Å². The number of anilines is 2. The van der Waals surface area contributed by atoms with Gasteiger partial charge in [0.05, 0.1) is 25.4 Å². The summed E-state index contributed by atoms with van der Waals surface area (Å²) < 4.78 is 5.10. The Kier molecular flexibility index (Phi) is 12.5. The number of amides is 4. The van der Waals surface area contributed by atoms with Gasteiger partial charge in [-0.15, -0.1) is 0 Å². The Hall–Kier alpha value is -4.70. The lowest BCUT2D eigenvalue weighted by Crippen LogP contribution is -2.43. The van der Waals surface area contributed by atoms with Gasteiger partial charge in [-0.05, 0) is 54.7 Å². The Morgan fingerprint density at radius 3 is 2.24 bits per heavy atom. The first-order valence-corrected chi connectivity index (χ1v) is 13.8. The smallest absolute Gasteiger partial charge is 0.323 e. The van der Waals surface area contributed by atoms with E-state index in [-0.39, 0.29) is 31.3 Å². The van der Waals surface area contributed by atoms with Crippen LogP contribution in [0.1, 0.15) is 42.0 Å². The van der Waals surface area contributed by atoms with Crippen LogP contribution in [0.4, 0.5) is 16.2 Å². The number of urea groups is 1. The molecule has 10 nitrogen and oxygen atoms in total. The highest BCUT2D eigenvalue weighted by molar-refractivity contribution is 6.00. The van der Waals surface area contributed by atoms with Crippen LogP contribution in [0.25, 0.3) is 0 Å². The minimum atomic E-state index is -1.04. The quantitative estimate of drug-likeness (QED) is 0.193. The fraction of sp³-hybridized carbons (Fsp3) is 0.312. The molecule has 3 aromatic rings. The zero-order valence-electron chi connectivity index (χ0n) is 24.0. The van der Waals surface area contributed by atoms with Crippen LogP contribution >= 0.6 is 0 Å². The summed E-state index contributed by atoms with van der Waals surface area (Å²) in [4.78, 5) is 51.6. The van der Waals surface area contributed by atoms with Gasteiger partial charge in [0.2, 0.25) is 11.8 Å². The lowest BCUT2D eigenvalue weighted by atomic mass is 10.0. The third kappa shape index (κ3) is 10.7. The normalized spacial score (nSPS) is 11.3. The number of hydrogen-bond donors (Lipinski definition) is 4. The molecule has 0 aliphatic carbocycles. The molecule has 42 heavy (non-hydrogen) atoms. The first kappa shape index (κ1) is 31.8. The highest BCUT2D eigenvalue weighted by Gasteiger charge is 2.22. The average molecular weight is 575 g/mol. The topological polar surface area (TPSA) is 137 Å². The molecule has 0 aliphatic rings. The Balaban J connectivity index is 1.61. The molecule has 0 fully saturated rings. The number of nitrogens with zero attached hydrogens (tertiary/aromatic N) is 1. The molecule has 0 bridgehead atoms. The number of carbonyl (C=O) groups excluding carboxylic acids is 3. The van der Waals surface area contributed by atoms with Crippen molar-refractivity contribution in [1.82, 2.24) is 10.2 Å². The number of ether oxygens (including phenoxy) is 1. The summed E-state index contributed by atoms with van der Waals surface area (Å²) in [5.74, 6) is -1.72. The summed E-state index contributed by atoms with van der Waals surface area (Å²) in [6.07, 6.45) is 1.15. The number of carboxylic acids is 1. The van der Waals surface area contributed by atoms with Crippen LogP contribution in [0.3, 0.4) is 0 Å². The minimum Gasteiger partial charge on any atom is -0.481 e. The van der Waals surface area contributed by atoms with Crippen molar-refractivity contribution < 1.29 is 29.0 Å². The lowest BCUT2D eigenvalue weighted by molar-refractivity contribution is -0.139. The molecule has 0 aliphatic heterocycles. The van der Waals surface area contributed by atoms with E-state index in [2.05, 4.69) is 16.0 Å². The summed E-state index contributed by atoms with van der Waals surface area (Å²) in [5, 5.41) is 17.7. The van der Waals surface area contributed by atoms with Gasteiger partial charge < -0.3 is 30.7 Å². The molecule has 0 spiro atoms. The summed E-state index contributed by atoms with van der Waals surface area (Å²) >= 11 is 0. The number of hydrogen-bond acceptors (Lipinski definition) is 5. The second-order valence-corrected chi connectivity index (χ2v) is 9.91. The predicted molar refractivity (Wildman–Crippen MR) is 161 cm³/mol. The SMILES string of the molecule is COCCCCN(CC(=O)N[C@@H](CC(=O)O)c1ccccc1)C(=O)Cc1ccc(NC(=O)Nc2ccccc2C)cc1. The fourth-order valence-electron chi connectivity index (χ4n) is 4.36. The number of para-hydroxylation sites is 1. The van der Waals surface area contributed by atoms with Gasteiger partial charge in [0.1, 0.15) is 0 Å². The van der Waals surface area contributed by atoms with E-state index in [1.165, 1.54) is 4.90 Å². The summed E-state index contributed by atoms with van der Waals surface area (Å²) in [5.41, 5.74) is 3.62. The van der Waals surface area contributed by atoms with Crippen molar-refractivity contribution in [2.24, 2.45) is 0 Å². The number of carbonyl (C=O) groups is 4. The third-order valence-electron chi connectivity index (χ3n) is 6.59. The van der Waals surface area contributed by atoms with Crippen LogP contribution in [0.5, 0.6) is 0 Å². The fourth-order valence-corrected chi connectivity index (χ4v) is 4.36.